The van der Waals surface area contributed by atoms with Gasteiger partial charge in [0, 0.05) is 17.8 Å². The van der Waals surface area contributed by atoms with E-state index in [0.717, 1.165) is 24.8 Å². The van der Waals surface area contributed by atoms with Crippen LogP contribution in [0.1, 0.15) is 93.4 Å². The van der Waals surface area contributed by atoms with Crippen molar-refractivity contribution in [2.45, 2.75) is 93.4 Å². The average Bonchev–Trinajstić information content (AvgIpc) is 2.96. The van der Waals surface area contributed by atoms with Gasteiger partial charge in [0.15, 0.2) is 5.78 Å². The molecule has 0 aromatic carbocycles. The van der Waals surface area contributed by atoms with Crippen molar-refractivity contribution in [3.8, 4) is 0 Å². The fourth-order valence-electron chi connectivity index (χ4n) is 9.01. The molecule has 3 fully saturated rings. The van der Waals surface area contributed by atoms with Crippen molar-refractivity contribution in [3.05, 3.63) is 36.0 Å². The Morgan fingerprint density at radius 1 is 1.12 bits per heavy atom. The van der Waals surface area contributed by atoms with Crippen molar-refractivity contribution >= 4 is 11.6 Å². The summed E-state index contributed by atoms with van der Waals surface area (Å²) in [4.78, 5) is 26.4. The number of fused-ring (bicyclic) bond motifs is 5. The fourth-order valence-corrected chi connectivity index (χ4v) is 9.01. The Balaban J connectivity index is 1.70. The third-order valence-corrected chi connectivity index (χ3v) is 11.0. The predicted molar refractivity (Wildman–Crippen MR) is 132 cm³/mol. The number of hydrogen-bond acceptors (Lipinski definition) is 2. The topological polar surface area (TPSA) is 34.1 Å². The van der Waals surface area contributed by atoms with Crippen LogP contribution in [0.5, 0.6) is 0 Å². The highest BCUT2D eigenvalue weighted by Crippen LogP contribution is 2.72. The van der Waals surface area contributed by atoms with Gasteiger partial charge in [-0.2, -0.15) is 0 Å². The standard InChI is InChI=1S/C30H44O2/c1-19(2)10-9-11-20(3)21-12-16-30(8)23-18-24(31)26-27(4,5)25(32)14-15-28(26,6)22(23)13-17-29(21,30)7/h9-10,18,20-22,26H,1,11-17H2,2-8H3/b10-9+/t20-,21-,22+,26?,28-,29+,30-/m1/s1. The number of carbonyl (C=O) groups excluding carboxylic acids is 2. The quantitative estimate of drug-likeness (QED) is 0.428. The van der Waals surface area contributed by atoms with Crippen LogP contribution in [-0.4, -0.2) is 11.6 Å². The summed E-state index contributed by atoms with van der Waals surface area (Å²) in [6.07, 6.45) is 13.9. The molecule has 4 aliphatic carbocycles. The predicted octanol–water partition coefficient (Wildman–Crippen LogP) is 7.50. The first kappa shape index (κ1) is 23.7. The average molecular weight is 437 g/mol. The van der Waals surface area contributed by atoms with Gasteiger partial charge in [-0.15, -0.1) is 0 Å². The molecule has 0 radical (unpaired) electrons. The molecule has 0 bridgehead atoms. The van der Waals surface area contributed by atoms with Gasteiger partial charge in [0.05, 0.1) is 0 Å². The minimum Gasteiger partial charge on any atom is -0.299 e. The first-order valence-corrected chi connectivity index (χ1v) is 12.9. The number of allylic oxidation sites excluding steroid dienone is 5. The molecule has 3 saturated carbocycles. The molecule has 0 aromatic heterocycles. The van der Waals surface area contributed by atoms with Gasteiger partial charge < -0.3 is 0 Å². The van der Waals surface area contributed by atoms with Gasteiger partial charge in [-0.3, -0.25) is 9.59 Å². The van der Waals surface area contributed by atoms with E-state index in [4.69, 9.17) is 0 Å². The Bertz CT molecular complexity index is 904. The lowest BCUT2D eigenvalue weighted by Gasteiger charge is -2.62. The minimum absolute atomic E-state index is 0.0855. The Morgan fingerprint density at radius 3 is 2.47 bits per heavy atom. The van der Waals surface area contributed by atoms with E-state index in [1.54, 1.807) is 0 Å². The maximum absolute atomic E-state index is 13.7. The summed E-state index contributed by atoms with van der Waals surface area (Å²) in [5.41, 5.74) is 2.24. The maximum Gasteiger partial charge on any atom is 0.160 e. The molecule has 4 aliphatic rings. The summed E-state index contributed by atoms with van der Waals surface area (Å²) in [5, 5.41) is 0. The summed E-state index contributed by atoms with van der Waals surface area (Å²) in [6, 6.07) is 0. The van der Waals surface area contributed by atoms with Crippen molar-refractivity contribution in [1.82, 2.24) is 0 Å². The first-order valence-electron chi connectivity index (χ1n) is 12.9. The van der Waals surface area contributed by atoms with Crippen LogP contribution in [0, 0.1) is 45.3 Å². The molecule has 7 atom stereocenters. The summed E-state index contributed by atoms with van der Waals surface area (Å²) in [6.45, 7) is 19.8. The molecule has 0 amide bonds. The second-order valence-corrected chi connectivity index (χ2v) is 13.0. The molecular formula is C30H44O2. The van der Waals surface area contributed by atoms with Crippen molar-refractivity contribution < 1.29 is 9.59 Å². The van der Waals surface area contributed by atoms with Crippen LogP contribution in [0.2, 0.25) is 0 Å². The number of ketones is 2. The van der Waals surface area contributed by atoms with Crippen LogP contribution in [0.4, 0.5) is 0 Å². The Labute approximate surface area is 196 Å². The number of Topliss-reactive ketones (excluding diaryl/α,β-unsaturated/α-hetero) is 1. The van der Waals surface area contributed by atoms with Crippen LogP contribution in [0.15, 0.2) is 36.0 Å². The lowest BCUT2D eigenvalue weighted by molar-refractivity contribution is -0.155. The van der Waals surface area contributed by atoms with E-state index in [1.807, 2.05) is 19.9 Å². The Hall–Kier alpha value is -1.44. The number of carbonyl (C=O) groups is 2. The molecule has 1 unspecified atom stereocenters. The van der Waals surface area contributed by atoms with Gasteiger partial charge in [0.25, 0.3) is 0 Å². The molecule has 0 aromatic rings. The summed E-state index contributed by atoms with van der Waals surface area (Å²) >= 11 is 0. The molecule has 0 heterocycles. The molecule has 0 spiro atoms. The molecule has 0 N–H and O–H groups in total. The van der Waals surface area contributed by atoms with Crippen molar-refractivity contribution in [3.63, 3.8) is 0 Å². The van der Waals surface area contributed by atoms with Crippen LogP contribution in [0.3, 0.4) is 0 Å². The first-order chi connectivity index (χ1) is 14.8. The van der Waals surface area contributed by atoms with Gasteiger partial charge in [0.2, 0.25) is 0 Å². The van der Waals surface area contributed by atoms with Gasteiger partial charge in [-0.25, -0.2) is 0 Å². The lowest BCUT2D eigenvalue weighted by atomic mass is 9.41. The van der Waals surface area contributed by atoms with Gasteiger partial charge in [0.1, 0.15) is 5.78 Å². The smallest absolute Gasteiger partial charge is 0.160 e. The normalized spacial score (nSPS) is 44.0. The molecule has 32 heavy (non-hydrogen) atoms. The highest BCUT2D eigenvalue weighted by molar-refractivity contribution is 6.00. The van der Waals surface area contributed by atoms with Crippen molar-refractivity contribution in [2.75, 3.05) is 0 Å². The molecule has 4 rings (SSSR count). The maximum atomic E-state index is 13.7. The largest absolute Gasteiger partial charge is 0.299 e. The molecular weight excluding hydrogens is 392 g/mol. The highest BCUT2D eigenvalue weighted by atomic mass is 16.1. The SMILES string of the molecule is C=C(C)/C=C/C[C@@H](C)[C@H]1CC[C@]2(C)C3=CC(=O)C4C(C)(C)C(=O)CC[C@]4(C)[C@H]3CC[C@@]12C. The van der Waals surface area contributed by atoms with Gasteiger partial charge >= 0.3 is 0 Å². The monoisotopic (exact) mass is 436 g/mol. The number of hydrogen-bond donors (Lipinski definition) is 0. The molecule has 0 aliphatic heterocycles. The van der Waals surface area contributed by atoms with Crippen molar-refractivity contribution in [2.24, 2.45) is 45.3 Å². The highest BCUT2D eigenvalue weighted by Gasteiger charge is 2.66. The molecule has 176 valence electrons. The van der Waals surface area contributed by atoms with E-state index in [1.165, 1.54) is 24.8 Å². The van der Waals surface area contributed by atoms with Crippen LogP contribution >= 0.6 is 0 Å². The zero-order valence-electron chi connectivity index (χ0n) is 21.5. The summed E-state index contributed by atoms with van der Waals surface area (Å²) < 4.78 is 0. The fraction of sp³-hybridized carbons (Fsp3) is 0.733. The summed E-state index contributed by atoms with van der Waals surface area (Å²) in [7, 11) is 0. The third kappa shape index (κ3) is 3.11. The Morgan fingerprint density at radius 2 is 1.81 bits per heavy atom. The second kappa shape index (κ2) is 7.54. The molecule has 0 saturated heterocycles. The molecule has 2 heteroatoms. The van der Waals surface area contributed by atoms with Gasteiger partial charge in [-0.05, 0) is 85.5 Å². The van der Waals surface area contributed by atoms with E-state index in [0.29, 0.717) is 24.2 Å². The van der Waals surface area contributed by atoms with E-state index in [9.17, 15) is 9.59 Å². The lowest BCUT2D eigenvalue weighted by Crippen LogP contribution is -2.59. The number of rotatable bonds is 4. The third-order valence-electron chi connectivity index (χ3n) is 11.0. The zero-order valence-corrected chi connectivity index (χ0v) is 21.5. The summed E-state index contributed by atoms with van der Waals surface area (Å²) in [5.74, 6) is 2.07. The molecule has 2 nitrogen and oxygen atoms in total. The van der Waals surface area contributed by atoms with Crippen LogP contribution < -0.4 is 0 Å². The van der Waals surface area contributed by atoms with Crippen molar-refractivity contribution in [1.29, 1.82) is 0 Å². The second-order valence-electron chi connectivity index (χ2n) is 13.0. The minimum atomic E-state index is -0.546. The van der Waals surface area contributed by atoms with Crippen LogP contribution in [0.25, 0.3) is 0 Å². The van der Waals surface area contributed by atoms with E-state index in [2.05, 4.69) is 53.3 Å². The van der Waals surface area contributed by atoms with E-state index < -0.39 is 5.41 Å². The van der Waals surface area contributed by atoms with E-state index >= 15 is 0 Å². The van der Waals surface area contributed by atoms with E-state index in [-0.39, 0.29) is 33.7 Å². The zero-order chi connectivity index (χ0) is 23.7. The van der Waals surface area contributed by atoms with Crippen LogP contribution in [-0.2, 0) is 9.59 Å². The Kier molecular flexibility index (Phi) is 5.58. The van der Waals surface area contributed by atoms with Gasteiger partial charge in [-0.1, -0.05) is 71.4 Å².